The molecule has 0 spiro atoms. The predicted molar refractivity (Wildman–Crippen MR) is 95.2 cm³/mol. The van der Waals surface area contributed by atoms with Crippen LogP contribution in [-0.2, 0) is 11.3 Å². The highest BCUT2D eigenvalue weighted by Crippen LogP contribution is 2.31. The van der Waals surface area contributed by atoms with Crippen LogP contribution in [0.3, 0.4) is 0 Å². The van der Waals surface area contributed by atoms with Crippen molar-refractivity contribution in [2.24, 2.45) is 5.41 Å². The maximum Gasteiger partial charge on any atom is 0.263 e. The minimum Gasteiger partial charge on any atom is -0.361 e. The fraction of sp³-hybridized carbons (Fsp3) is 0.667. The summed E-state index contributed by atoms with van der Waals surface area (Å²) in [6.07, 6.45) is 2.82. The highest BCUT2D eigenvalue weighted by molar-refractivity contribution is 5.82. The van der Waals surface area contributed by atoms with Crippen LogP contribution >= 0.6 is 0 Å². The van der Waals surface area contributed by atoms with Gasteiger partial charge in [0, 0.05) is 13.1 Å². The summed E-state index contributed by atoms with van der Waals surface area (Å²) >= 11 is 0. The number of nitrogens with one attached hydrogen (secondary N) is 1. The molecule has 1 saturated heterocycles. The van der Waals surface area contributed by atoms with Gasteiger partial charge in [-0.25, -0.2) is 0 Å². The Morgan fingerprint density at radius 2 is 2.12 bits per heavy atom. The smallest absolute Gasteiger partial charge is 0.263 e. The van der Waals surface area contributed by atoms with Gasteiger partial charge in [0.05, 0.1) is 17.7 Å². The van der Waals surface area contributed by atoms with E-state index < -0.39 is 0 Å². The van der Waals surface area contributed by atoms with Crippen molar-refractivity contribution in [3.63, 3.8) is 0 Å². The number of hydrogen-bond donors (Lipinski definition) is 1. The molecule has 8 heteroatoms. The molecular formula is C18H27N5O3. The van der Waals surface area contributed by atoms with Crippen molar-refractivity contribution in [1.82, 2.24) is 25.5 Å². The number of nitrogens with zero attached hydrogens (tertiary/aromatic N) is 4. The second-order valence-corrected chi connectivity index (χ2v) is 7.35. The zero-order valence-electron chi connectivity index (χ0n) is 16.0. The van der Waals surface area contributed by atoms with Gasteiger partial charge in [0.15, 0.2) is 5.82 Å². The van der Waals surface area contributed by atoms with Gasteiger partial charge in [0.25, 0.3) is 5.89 Å². The zero-order chi connectivity index (χ0) is 18.7. The number of hydrogen-bond acceptors (Lipinski definition) is 7. The van der Waals surface area contributed by atoms with Crippen LogP contribution in [0.2, 0.25) is 0 Å². The number of carbonyl (C=O) groups is 1. The third-order valence-electron chi connectivity index (χ3n) is 4.94. The standard InChI is InChI=1S/C18H27N5O3/c1-5-8-19-17(24)18(4)7-6-9-23(11-18)10-14-20-16(26-22-14)15-12(2)21-25-13(15)3/h5-11H2,1-4H3,(H,19,24). The summed E-state index contributed by atoms with van der Waals surface area (Å²) in [7, 11) is 0. The van der Waals surface area contributed by atoms with Crippen molar-refractivity contribution in [1.29, 1.82) is 0 Å². The SMILES string of the molecule is CCCNC(=O)C1(C)CCCN(Cc2noc(-c3c(C)noc3C)n2)C1. The summed E-state index contributed by atoms with van der Waals surface area (Å²) in [6.45, 7) is 10.7. The molecule has 1 aliphatic heterocycles. The fourth-order valence-electron chi connectivity index (χ4n) is 3.52. The van der Waals surface area contributed by atoms with E-state index in [1.807, 2.05) is 20.8 Å². The van der Waals surface area contributed by atoms with Gasteiger partial charge in [-0.15, -0.1) is 0 Å². The Morgan fingerprint density at radius 1 is 1.31 bits per heavy atom. The predicted octanol–water partition coefficient (Wildman–Crippen LogP) is 2.47. The molecule has 8 nitrogen and oxygen atoms in total. The average Bonchev–Trinajstić information content (AvgIpc) is 3.18. The number of aryl methyl sites for hydroxylation is 2. The maximum atomic E-state index is 12.5. The van der Waals surface area contributed by atoms with Gasteiger partial charge in [-0.1, -0.05) is 17.2 Å². The van der Waals surface area contributed by atoms with E-state index in [0.29, 0.717) is 30.6 Å². The van der Waals surface area contributed by atoms with Crippen molar-refractivity contribution in [3.8, 4) is 11.5 Å². The number of aromatic nitrogens is 3. The molecule has 0 aromatic carbocycles. The van der Waals surface area contributed by atoms with Crippen LogP contribution in [0.4, 0.5) is 0 Å². The Bertz CT molecular complexity index is 749. The van der Waals surface area contributed by atoms with Gasteiger partial charge in [-0.3, -0.25) is 9.69 Å². The molecule has 1 fully saturated rings. The van der Waals surface area contributed by atoms with E-state index in [2.05, 4.69) is 32.4 Å². The molecule has 142 valence electrons. The first-order chi connectivity index (χ1) is 12.4. The fourth-order valence-corrected chi connectivity index (χ4v) is 3.52. The van der Waals surface area contributed by atoms with Crippen LogP contribution in [0, 0.1) is 19.3 Å². The van der Waals surface area contributed by atoms with E-state index in [1.165, 1.54) is 0 Å². The molecule has 0 saturated carbocycles. The van der Waals surface area contributed by atoms with E-state index in [-0.39, 0.29) is 11.3 Å². The number of rotatable bonds is 6. The molecule has 0 aliphatic carbocycles. The van der Waals surface area contributed by atoms with Crippen LogP contribution in [-0.4, -0.2) is 45.7 Å². The summed E-state index contributed by atoms with van der Waals surface area (Å²) in [5, 5.41) is 11.0. The van der Waals surface area contributed by atoms with Gasteiger partial charge >= 0.3 is 0 Å². The molecule has 0 radical (unpaired) electrons. The number of likely N-dealkylation sites (tertiary alicyclic amines) is 1. The molecule has 2 aromatic heterocycles. The molecule has 0 bridgehead atoms. The maximum absolute atomic E-state index is 12.5. The quantitative estimate of drug-likeness (QED) is 0.844. The molecule has 1 unspecified atom stereocenters. The lowest BCUT2D eigenvalue weighted by atomic mass is 9.81. The Balaban J connectivity index is 1.67. The van der Waals surface area contributed by atoms with Crippen molar-refractivity contribution >= 4 is 5.91 Å². The van der Waals surface area contributed by atoms with Crippen molar-refractivity contribution in [2.45, 2.75) is 53.5 Å². The summed E-state index contributed by atoms with van der Waals surface area (Å²) < 4.78 is 10.6. The zero-order valence-corrected chi connectivity index (χ0v) is 16.0. The lowest BCUT2D eigenvalue weighted by molar-refractivity contribution is -0.133. The van der Waals surface area contributed by atoms with Crippen LogP contribution in [0.15, 0.2) is 9.05 Å². The molecule has 3 rings (SSSR count). The summed E-state index contributed by atoms with van der Waals surface area (Å²) in [6, 6.07) is 0. The lowest BCUT2D eigenvalue weighted by Crippen LogP contribution is -2.50. The van der Waals surface area contributed by atoms with Crippen molar-refractivity contribution < 1.29 is 13.8 Å². The Morgan fingerprint density at radius 3 is 2.81 bits per heavy atom. The van der Waals surface area contributed by atoms with Gasteiger partial charge in [-0.2, -0.15) is 4.98 Å². The van der Waals surface area contributed by atoms with Crippen LogP contribution in [0.5, 0.6) is 0 Å². The van der Waals surface area contributed by atoms with Crippen LogP contribution < -0.4 is 5.32 Å². The van der Waals surface area contributed by atoms with Crippen LogP contribution in [0.25, 0.3) is 11.5 Å². The van der Waals surface area contributed by atoms with Gasteiger partial charge in [-0.05, 0) is 46.6 Å². The third kappa shape index (κ3) is 3.80. The normalized spacial score (nSPS) is 21.1. The molecular weight excluding hydrogens is 334 g/mol. The number of piperidine rings is 1. The molecule has 1 N–H and O–H groups in total. The number of amides is 1. The minimum atomic E-state index is -0.373. The summed E-state index contributed by atoms with van der Waals surface area (Å²) in [5.74, 6) is 1.83. The Labute approximate surface area is 153 Å². The highest BCUT2D eigenvalue weighted by atomic mass is 16.5. The van der Waals surface area contributed by atoms with E-state index in [4.69, 9.17) is 9.05 Å². The largest absolute Gasteiger partial charge is 0.361 e. The molecule has 1 amide bonds. The Kier molecular flexibility index (Phi) is 5.41. The first-order valence-corrected chi connectivity index (χ1v) is 9.19. The second-order valence-electron chi connectivity index (χ2n) is 7.35. The van der Waals surface area contributed by atoms with E-state index in [1.54, 1.807) is 0 Å². The topological polar surface area (TPSA) is 97.3 Å². The number of carbonyl (C=O) groups excluding carboxylic acids is 1. The molecule has 1 aliphatic rings. The van der Waals surface area contributed by atoms with E-state index >= 15 is 0 Å². The molecule has 1 atom stereocenters. The summed E-state index contributed by atoms with van der Waals surface area (Å²) in [4.78, 5) is 19.2. The third-order valence-corrected chi connectivity index (χ3v) is 4.94. The van der Waals surface area contributed by atoms with Gasteiger partial charge in [0.1, 0.15) is 11.3 Å². The van der Waals surface area contributed by atoms with E-state index in [0.717, 1.165) is 43.6 Å². The minimum absolute atomic E-state index is 0.133. The van der Waals surface area contributed by atoms with Gasteiger partial charge < -0.3 is 14.4 Å². The lowest BCUT2D eigenvalue weighted by Gasteiger charge is -2.38. The molecule has 26 heavy (non-hydrogen) atoms. The second kappa shape index (κ2) is 7.57. The van der Waals surface area contributed by atoms with Crippen molar-refractivity contribution in [2.75, 3.05) is 19.6 Å². The highest BCUT2D eigenvalue weighted by Gasteiger charge is 2.37. The molecule has 2 aromatic rings. The first kappa shape index (κ1) is 18.6. The Hall–Kier alpha value is -2.22. The van der Waals surface area contributed by atoms with Crippen LogP contribution in [0.1, 0.15) is 50.4 Å². The van der Waals surface area contributed by atoms with Gasteiger partial charge in [0.2, 0.25) is 5.91 Å². The van der Waals surface area contributed by atoms with E-state index in [9.17, 15) is 4.79 Å². The summed E-state index contributed by atoms with van der Waals surface area (Å²) in [5.41, 5.74) is 1.11. The average molecular weight is 361 g/mol. The van der Waals surface area contributed by atoms with Crippen molar-refractivity contribution in [3.05, 3.63) is 17.3 Å². The first-order valence-electron chi connectivity index (χ1n) is 9.19. The molecule has 3 heterocycles. The monoisotopic (exact) mass is 361 g/mol.